The van der Waals surface area contributed by atoms with Gasteiger partial charge in [-0.2, -0.15) is 0 Å². The highest BCUT2D eigenvalue weighted by Gasteiger charge is 2.51. The first-order valence-corrected chi connectivity index (χ1v) is 5.13. The zero-order valence-electron chi connectivity index (χ0n) is 8.72. The molecule has 0 amide bonds. The molecule has 0 bridgehead atoms. The topological polar surface area (TPSA) is 26.3 Å². The van der Waals surface area contributed by atoms with Gasteiger partial charge in [0.25, 0.3) is 0 Å². The number of ether oxygens (including phenoxy) is 1. The summed E-state index contributed by atoms with van der Waals surface area (Å²) < 4.78 is 5.45. The molecule has 2 heteroatoms. The Morgan fingerprint density at radius 2 is 2.08 bits per heavy atom. The monoisotopic (exact) mass is 182 g/mol. The fraction of sp³-hybridized carbons (Fsp3) is 0.909. The molecule has 1 heterocycles. The Labute approximate surface area is 79.7 Å². The predicted octanol–water partition coefficient (Wildman–Crippen LogP) is 2.52. The first-order chi connectivity index (χ1) is 5.91. The summed E-state index contributed by atoms with van der Waals surface area (Å²) in [7, 11) is 0. The molecule has 0 spiro atoms. The van der Waals surface area contributed by atoms with Crippen molar-refractivity contribution in [1.29, 1.82) is 0 Å². The number of fused-ring (bicyclic) bond motifs is 1. The summed E-state index contributed by atoms with van der Waals surface area (Å²) in [4.78, 5) is 11.2. The van der Waals surface area contributed by atoms with Gasteiger partial charge in [-0.1, -0.05) is 13.8 Å². The lowest BCUT2D eigenvalue weighted by atomic mass is 9.65. The van der Waals surface area contributed by atoms with Gasteiger partial charge in [0.15, 0.2) is 0 Å². The average Bonchev–Trinajstić information content (AvgIpc) is 2.20. The van der Waals surface area contributed by atoms with Crippen molar-refractivity contribution in [1.82, 2.24) is 0 Å². The first kappa shape index (κ1) is 9.04. The Morgan fingerprint density at radius 3 is 2.77 bits per heavy atom. The second-order valence-corrected chi connectivity index (χ2v) is 5.57. The molecule has 0 radical (unpaired) electrons. The van der Waals surface area contributed by atoms with Gasteiger partial charge in [-0.25, -0.2) is 0 Å². The molecule has 0 N–H and O–H groups in total. The van der Waals surface area contributed by atoms with Crippen LogP contribution in [-0.4, -0.2) is 11.6 Å². The highest BCUT2D eigenvalue weighted by molar-refractivity contribution is 5.73. The van der Waals surface area contributed by atoms with E-state index < -0.39 is 0 Å². The molecule has 1 aliphatic carbocycles. The fourth-order valence-corrected chi connectivity index (χ4v) is 2.99. The quantitative estimate of drug-likeness (QED) is 0.538. The van der Waals surface area contributed by atoms with E-state index in [4.69, 9.17) is 4.74 Å². The zero-order chi connectivity index (χ0) is 9.69. The first-order valence-electron chi connectivity index (χ1n) is 5.13. The summed E-state index contributed by atoms with van der Waals surface area (Å²) in [5.74, 6) is 0.484. The van der Waals surface area contributed by atoms with Crippen molar-refractivity contribution in [3.05, 3.63) is 0 Å². The maximum absolute atomic E-state index is 11.2. The van der Waals surface area contributed by atoms with Crippen LogP contribution in [0.5, 0.6) is 0 Å². The van der Waals surface area contributed by atoms with Crippen molar-refractivity contribution in [2.75, 3.05) is 0 Å². The van der Waals surface area contributed by atoms with E-state index in [2.05, 4.69) is 20.8 Å². The lowest BCUT2D eigenvalue weighted by molar-refractivity contribution is -0.152. The minimum absolute atomic E-state index is 0.00481. The largest absolute Gasteiger partial charge is 0.459 e. The van der Waals surface area contributed by atoms with Crippen LogP contribution >= 0.6 is 0 Å². The lowest BCUT2D eigenvalue weighted by Gasteiger charge is -2.42. The van der Waals surface area contributed by atoms with Gasteiger partial charge < -0.3 is 4.74 Å². The number of carbonyl (C=O) groups excluding carboxylic acids is 1. The second-order valence-electron chi connectivity index (χ2n) is 5.57. The Kier molecular flexibility index (Phi) is 1.73. The van der Waals surface area contributed by atoms with Crippen molar-refractivity contribution in [3.8, 4) is 0 Å². The molecule has 2 aliphatic rings. The summed E-state index contributed by atoms with van der Waals surface area (Å²) in [5.41, 5.74) is 0.189. The van der Waals surface area contributed by atoms with Crippen molar-refractivity contribution in [2.45, 2.75) is 52.1 Å². The molecular formula is C11H18O2. The van der Waals surface area contributed by atoms with Gasteiger partial charge in [0, 0.05) is 5.92 Å². The van der Waals surface area contributed by atoms with E-state index in [1.54, 1.807) is 0 Å². The third kappa shape index (κ3) is 1.47. The molecule has 2 nitrogen and oxygen atoms in total. The van der Waals surface area contributed by atoms with Crippen LogP contribution in [0.15, 0.2) is 0 Å². The Bertz CT molecular complexity index is 244. The molecule has 0 aromatic heterocycles. The molecule has 1 saturated carbocycles. The molecule has 2 rings (SSSR count). The smallest absolute Gasteiger partial charge is 0.306 e. The van der Waals surface area contributed by atoms with Crippen LogP contribution in [0, 0.1) is 11.3 Å². The molecule has 2 atom stereocenters. The van der Waals surface area contributed by atoms with Gasteiger partial charge in [-0.15, -0.1) is 0 Å². The van der Waals surface area contributed by atoms with Gasteiger partial charge in [0.2, 0.25) is 0 Å². The van der Waals surface area contributed by atoms with Gasteiger partial charge >= 0.3 is 5.97 Å². The van der Waals surface area contributed by atoms with Crippen LogP contribution < -0.4 is 0 Å². The fourth-order valence-electron chi connectivity index (χ4n) is 2.99. The van der Waals surface area contributed by atoms with Gasteiger partial charge in [0.05, 0.1) is 6.42 Å². The highest BCUT2D eigenvalue weighted by Crippen LogP contribution is 2.50. The van der Waals surface area contributed by atoms with Gasteiger partial charge in [0.1, 0.15) is 5.60 Å². The standard InChI is InChI=1S/C11H18O2/c1-10(2)5-4-8-6-9(12)13-11(8,3)7-10/h8H,4-7H2,1-3H3/t8-,11+/m1/s1. The van der Waals surface area contributed by atoms with E-state index in [9.17, 15) is 4.79 Å². The molecule has 0 aromatic carbocycles. The molecule has 13 heavy (non-hydrogen) atoms. The molecule has 1 saturated heterocycles. The van der Waals surface area contributed by atoms with Crippen LogP contribution in [0.1, 0.15) is 46.5 Å². The van der Waals surface area contributed by atoms with Crippen molar-refractivity contribution in [2.24, 2.45) is 11.3 Å². The molecule has 2 fully saturated rings. The molecule has 0 aromatic rings. The highest BCUT2D eigenvalue weighted by atomic mass is 16.6. The number of rotatable bonds is 0. The van der Waals surface area contributed by atoms with E-state index in [1.165, 1.54) is 6.42 Å². The summed E-state index contributed by atoms with van der Waals surface area (Å²) >= 11 is 0. The van der Waals surface area contributed by atoms with E-state index in [0.29, 0.717) is 17.8 Å². The predicted molar refractivity (Wildman–Crippen MR) is 50.2 cm³/mol. The number of carbonyl (C=O) groups is 1. The summed E-state index contributed by atoms with van der Waals surface area (Å²) in [6.07, 6.45) is 4.04. The number of esters is 1. The Balaban J connectivity index is 2.20. The van der Waals surface area contributed by atoms with Crippen LogP contribution in [0.2, 0.25) is 0 Å². The summed E-state index contributed by atoms with van der Waals surface area (Å²) in [5, 5.41) is 0. The average molecular weight is 182 g/mol. The van der Waals surface area contributed by atoms with Crippen LogP contribution in [-0.2, 0) is 9.53 Å². The molecule has 74 valence electrons. The summed E-state index contributed by atoms with van der Waals surface area (Å²) in [6.45, 7) is 6.63. The maximum atomic E-state index is 11.2. The molecular weight excluding hydrogens is 164 g/mol. The van der Waals surface area contributed by atoms with Crippen molar-refractivity contribution in [3.63, 3.8) is 0 Å². The third-order valence-electron chi connectivity index (χ3n) is 3.62. The van der Waals surface area contributed by atoms with E-state index in [-0.39, 0.29) is 11.6 Å². The van der Waals surface area contributed by atoms with Gasteiger partial charge in [-0.3, -0.25) is 4.79 Å². The Morgan fingerprint density at radius 1 is 1.38 bits per heavy atom. The van der Waals surface area contributed by atoms with E-state index in [0.717, 1.165) is 12.8 Å². The number of hydrogen-bond donors (Lipinski definition) is 0. The van der Waals surface area contributed by atoms with Crippen molar-refractivity contribution < 1.29 is 9.53 Å². The zero-order valence-corrected chi connectivity index (χ0v) is 8.72. The van der Waals surface area contributed by atoms with Crippen LogP contribution in [0.25, 0.3) is 0 Å². The summed E-state index contributed by atoms with van der Waals surface area (Å²) in [6, 6.07) is 0. The number of hydrogen-bond acceptors (Lipinski definition) is 2. The minimum atomic E-state index is -0.154. The van der Waals surface area contributed by atoms with E-state index >= 15 is 0 Å². The normalized spacial score (nSPS) is 42.7. The molecule has 0 unspecified atom stereocenters. The lowest BCUT2D eigenvalue weighted by Crippen LogP contribution is -2.41. The maximum Gasteiger partial charge on any atom is 0.306 e. The van der Waals surface area contributed by atoms with Crippen LogP contribution in [0.4, 0.5) is 0 Å². The van der Waals surface area contributed by atoms with Gasteiger partial charge in [-0.05, 0) is 31.6 Å². The minimum Gasteiger partial charge on any atom is -0.459 e. The Hall–Kier alpha value is -0.530. The SMILES string of the molecule is CC1(C)CC[C@@H]2CC(=O)O[C@@]2(C)C1. The van der Waals surface area contributed by atoms with Crippen LogP contribution in [0.3, 0.4) is 0 Å². The van der Waals surface area contributed by atoms with Crippen molar-refractivity contribution >= 4 is 5.97 Å². The second kappa shape index (κ2) is 2.49. The van der Waals surface area contributed by atoms with E-state index in [1.807, 2.05) is 0 Å². The molecule has 1 aliphatic heterocycles. The third-order valence-corrected chi connectivity index (χ3v) is 3.62.